The van der Waals surface area contributed by atoms with Gasteiger partial charge in [0.25, 0.3) is 5.91 Å². The number of aryl methyl sites for hydroxylation is 1. The van der Waals surface area contributed by atoms with E-state index in [9.17, 15) is 22.4 Å². The van der Waals surface area contributed by atoms with E-state index in [-0.39, 0.29) is 29.8 Å². The number of amides is 1. The van der Waals surface area contributed by atoms with Crippen molar-refractivity contribution in [2.75, 3.05) is 0 Å². The van der Waals surface area contributed by atoms with Crippen molar-refractivity contribution >= 4 is 5.91 Å². The molecule has 1 aliphatic carbocycles. The summed E-state index contributed by atoms with van der Waals surface area (Å²) in [5.41, 5.74) is -0.219. The average molecular weight is 352 g/mol. The highest BCUT2D eigenvalue weighted by Gasteiger charge is 2.36. The number of hydrogen-bond acceptors (Lipinski definition) is 2. The first-order chi connectivity index (χ1) is 11.8. The Balaban J connectivity index is 1.86. The third kappa shape index (κ3) is 3.97. The van der Waals surface area contributed by atoms with Gasteiger partial charge in [-0.2, -0.15) is 13.2 Å². The van der Waals surface area contributed by atoms with Gasteiger partial charge in [0.2, 0.25) is 0 Å². The molecule has 132 valence electrons. The van der Waals surface area contributed by atoms with Gasteiger partial charge < -0.3 is 4.90 Å². The number of rotatable bonds is 4. The van der Waals surface area contributed by atoms with Crippen LogP contribution in [0.25, 0.3) is 0 Å². The maximum Gasteiger partial charge on any atom is 0.433 e. The van der Waals surface area contributed by atoms with Gasteiger partial charge in [0.15, 0.2) is 0 Å². The van der Waals surface area contributed by atoms with Gasteiger partial charge in [-0.05, 0) is 49.6 Å². The molecule has 1 fully saturated rings. The third-order valence-corrected chi connectivity index (χ3v) is 4.10. The van der Waals surface area contributed by atoms with E-state index in [4.69, 9.17) is 0 Å². The predicted octanol–water partition coefficient (Wildman–Crippen LogP) is 4.35. The van der Waals surface area contributed by atoms with Crippen molar-refractivity contribution in [3.05, 3.63) is 64.7 Å². The summed E-state index contributed by atoms with van der Waals surface area (Å²) in [6.45, 7) is 1.59. The Labute approximate surface area is 142 Å². The van der Waals surface area contributed by atoms with E-state index in [1.165, 1.54) is 19.1 Å². The fourth-order valence-corrected chi connectivity index (χ4v) is 2.68. The van der Waals surface area contributed by atoms with Crippen LogP contribution in [0.3, 0.4) is 0 Å². The Morgan fingerprint density at radius 3 is 2.52 bits per heavy atom. The van der Waals surface area contributed by atoms with E-state index in [1.54, 1.807) is 17.0 Å². The molecule has 1 saturated carbocycles. The SMILES string of the molecule is Cc1nc(C(F)(F)F)ccc1C(=O)N(Cc1cccc(F)c1)C1CC1. The molecule has 0 atom stereocenters. The first-order valence-electron chi connectivity index (χ1n) is 7.86. The lowest BCUT2D eigenvalue weighted by molar-refractivity contribution is -0.141. The van der Waals surface area contributed by atoms with Gasteiger partial charge in [0.1, 0.15) is 11.5 Å². The first-order valence-corrected chi connectivity index (χ1v) is 7.86. The zero-order valence-electron chi connectivity index (χ0n) is 13.5. The summed E-state index contributed by atoms with van der Waals surface area (Å²) in [6, 6.07) is 7.94. The normalized spacial score (nSPS) is 14.4. The Kier molecular flexibility index (Phi) is 4.49. The summed E-state index contributed by atoms with van der Waals surface area (Å²) >= 11 is 0. The van der Waals surface area contributed by atoms with Gasteiger partial charge in [0.05, 0.1) is 11.3 Å². The molecule has 2 aromatic rings. The van der Waals surface area contributed by atoms with Crippen LogP contribution in [0.1, 0.15) is 40.2 Å². The summed E-state index contributed by atoms with van der Waals surface area (Å²) in [5.74, 6) is -0.779. The summed E-state index contributed by atoms with van der Waals surface area (Å²) in [5, 5.41) is 0. The van der Waals surface area contributed by atoms with Crippen LogP contribution >= 0.6 is 0 Å². The minimum absolute atomic E-state index is 0.0254. The van der Waals surface area contributed by atoms with Crippen molar-refractivity contribution in [1.29, 1.82) is 0 Å². The summed E-state index contributed by atoms with van der Waals surface area (Å²) < 4.78 is 51.5. The summed E-state index contributed by atoms with van der Waals surface area (Å²) in [4.78, 5) is 17.9. The highest BCUT2D eigenvalue weighted by atomic mass is 19.4. The molecule has 0 spiro atoms. The maximum atomic E-state index is 13.4. The van der Waals surface area contributed by atoms with Crippen molar-refractivity contribution < 1.29 is 22.4 Å². The molecule has 0 radical (unpaired) electrons. The second-order valence-electron chi connectivity index (χ2n) is 6.12. The van der Waals surface area contributed by atoms with Gasteiger partial charge >= 0.3 is 6.18 Å². The molecule has 0 unspecified atom stereocenters. The molecule has 1 heterocycles. The Morgan fingerprint density at radius 1 is 1.24 bits per heavy atom. The minimum atomic E-state index is -4.55. The van der Waals surface area contributed by atoms with Crippen molar-refractivity contribution in [3.63, 3.8) is 0 Å². The molecule has 3 rings (SSSR count). The number of halogens is 4. The van der Waals surface area contributed by atoms with E-state index >= 15 is 0 Å². The Morgan fingerprint density at radius 2 is 1.96 bits per heavy atom. The van der Waals surface area contributed by atoms with Gasteiger partial charge in [-0.25, -0.2) is 9.37 Å². The standard InChI is InChI=1S/C18H16F4N2O/c1-11-15(7-8-16(23-11)18(20,21)22)17(25)24(14-5-6-14)10-12-3-2-4-13(19)9-12/h2-4,7-9,14H,5-6,10H2,1H3. The topological polar surface area (TPSA) is 33.2 Å². The molecule has 0 N–H and O–H groups in total. The monoisotopic (exact) mass is 352 g/mol. The van der Waals surface area contributed by atoms with Crippen LogP contribution in [0, 0.1) is 12.7 Å². The fraction of sp³-hybridized carbons (Fsp3) is 0.333. The second-order valence-corrected chi connectivity index (χ2v) is 6.12. The van der Waals surface area contributed by atoms with Crippen LogP contribution < -0.4 is 0 Å². The molecule has 0 bridgehead atoms. The molecule has 7 heteroatoms. The van der Waals surface area contributed by atoms with Crippen molar-refractivity contribution in [1.82, 2.24) is 9.88 Å². The van der Waals surface area contributed by atoms with Gasteiger partial charge in [-0.3, -0.25) is 4.79 Å². The summed E-state index contributed by atoms with van der Waals surface area (Å²) in [6.07, 6.45) is -2.90. The lowest BCUT2D eigenvalue weighted by atomic mass is 10.1. The zero-order valence-corrected chi connectivity index (χ0v) is 13.5. The van der Waals surface area contributed by atoms with E-state index in [0.717, 1.165) is 25.0 Å². The van der Waals surface area contributed by atoms with Crippen molar-refractivity contribution in [3.8, 4) is 0 Å². The zero-order chi connectivity index (χ0) is 18.2. The fourth-order valence-electron chi connectivity index (χ4n) is 2.68. The Hall–Kier alpha value is -2.44. The molecule has 3 nitrogen and oxygen atoms in total. The highest BCUT2D eigenvalue weighted by Crippen LogP contribution is 2.32. The first kappa shape index (κ1) is 17.4. The second kappa shape index (κ2) is 6.46. The number of carbonyl (C=O) groups is 1. The van der Waals surface area contributed by atoms with Gasteiger partial charge in [-0.1, -0.05) is 12.1 Å². The smallest absolute Gasteiger partial charge is 0.331 e. The van der Waals surface area contributed by atoms with Crippen molar-refractivity contribution in [2.45, 2.75) is 38.5 Å². The quantitative estimate of drug-likeness (QED) is 0.767. The van der Waals surface area contributed by atoms with Crippen LogP contribution in [-0.2, 0) is 12.7 Å². The predicted molar refractivity (Wildman–Crippen MR) is 83.3 cm³/mol. The molecular weight excluding hydrogens is 336 g/mol. The molecule has 1 amide bonds. The van der Waals surface area contributed by atoms with Crippen LogP contribution in [0.2, 0.25) is 0 Å². The average Bonchev–Trinajstić information content (AvgIpc) is 3.36. The third-order valence-electron chi connectivity index (χ3n) is 4.10. The molecule has 0 saturated heterocycles. The maximum absolute atomic E-state index is 13.4. The molecule has 0 aliphatic heterocycles. The molecule has 25 heavy (non-hydrogen) atoms. The van der Waals surface area contributed by atoms with Gasteiger partial charge in [-0.15, -0.1) is 0 Å². The van der Waals surface area contributed by atoms with Crippen LogP contribution in [0.4, 0.5) is 17.6 Å². The number of aromatic nitrogens is 1. The van der Waals surface area contributed by atoms with Crippen molar-refractivity contribution in [2.24, 2.45) is 0 Å². The van der Waals surface area contributed by atoms with E-state index in [1.807, 2.05) is 0 Å². The van der Waals surface area contributed by atoms with E-state index in [0.29, 0.717) is 5.56 Å². The number of nitrogens with zero attached hydrogens (tertiary/aromatic N) is 2. The van der Waals surface area contributed by atoms with Gasteiger partial charge in [0, 0.05) is 12.6 Å². The summed E-state index contributed by atoms with van der Waals surface area (Å²) in [7, 11) is 0. The molecular formula is C18H16F4N2O. The number of hydrogen-bond donors (Lipinski definition) is 0. The van der Waals surface area contributed by atoms with Crippen LogP contribution in [0.5, 0.6) is 0 Å². The molecule has 1 aromatic carbocycles. The minimum Gasteiger partial charge on any atom is -0.331 e. The van der Waals surface area contributed by atoms with Crippen LogP contribution in [0.15, 0.2) is 36.4 Å². The largest absolute Gasteiger partial charge is 0.433 e. The highest BCUT2D eigenvalue weighted by molar-refractivity contribution is 5.95. The number of carbonyl (C=O) groups excluding carboxylic acids is 1. The molecule has 1 aliphatic rings. The van der Waals surface area contributed by atoms with Crippen LogP contribution in [-0.4, -0.2) is 21.8 Å². The van der Waals surface area contributed by atoms with E-state index < -0.39 is 17.7 Å². The number of benzene rings is 1. The Bertz CT molecular complexity index is 800. The van der Waals surface area contributed by atoms with E-state index in [2.05, 4.69) is 4.98 Å². The lowest BCUT2D eigenvalue weighted by Crippen LogP contribution is -2.33. The lowest BCUT2D eigenvalue weighted by Gasteiger charge is -2.23. The number of alkyl halides is 3. The molecule has 1 aromatic heterocycles. The number of pyridine rings is 1.